The van der Waals surface area contributed by atoms with Crippen LogP contribution in [-0.4, -0.2) is 35.0 Å². The molecule has 18 heavy (non-hydrogen) atoms. The second-order valence-electron chi connectivity index (χ2n) is 4.55. The van der Waals surface area contributed by atoms with Crippen LogP contribution in [0, 0.1) is 5.82 Å². The molecule has 0 spiro atoms. The Bertz CT molecular complexity index is 416. The third-order valence-corrected chi connectivity index (χ3v) is 3.25. The lowest BCUT2D eigenvalue weighted by Gasteiger charge is -2.24. The number of aliphatic hydroxyl groups excluding tert-OH is 1. The molecule has 2 atom stereocenters. The first-order chi connectivity index (χ1) is 8.59. The van der Waals surface area contributed by atoms with Crippen molar-refractivity contribution in [3.8, 4) is 0 Å². The molecule has 2 rings (SSSR count). The zero-order chi connectivity index (χ0) is 13.1. The van der Waals surface area contributed by atoms with Gasteiger partial charge in [-0.25, -0.2) is 4.39 Å². The summed E-state index contributed by atoms with van der Waals surface area (Å²) in [5.74, 6) is -0.630. The van der Waals surface area contributed by atoms with Gasteiger partial charge in [-0.1, -0.05) is 12.1 Å². The van der Waals surface area contributed by atoms with Crippen molar-refractivity contribution >= 4 is 5.91 Å². The number of rotatable bonds is 3. The van der Waals surface area contributed by atoms with Crippen molar-refractivity contribution in [2.75, 3.05) is 13.1 Å². The summed E-state index contributed by atoms with van der Waals surface area (Å²) in [5, 5.41) is 10.0. The first-order valence-corrected chi connectivity index (χ1v) is 6.07. The Morgan fingerprint density at radius 1 is 1.28 bits per heavy atom. The van der Waals surface area contributed by atoms with Crippen LogP contribution >= 0.6 is 0 Å². The van der Waals surface area contributed by atoms with Crippen molar-refractivity contribution in [2.24, 2.45) is 5.73 Å². The number of benzene rings is 1. The summed E-state index contributed by atoms with van der Waals surface area (Å²) in [6.07, 6.45) is 0.856. The summed E-state index contributed by atoms with van der Waals surface area (Å²) in [5.41, 5.74) is 6.23. The van der Waals surface area contributed by atoms with Crippen LogP contribution in [0.1, 0.15) is 24.5 Å². The summed E-state index contributed by atoms with van der Waals surface area (Å²) in [6, 6.07) is 4.37. The molecule has 1 aromatic carbocycles. The normalized spacial score (nSPS) is 18.7. The molecule has 98 valence electrons. The minimum atomic E-state index is -1.10. The molecule has 1 amide bonds. The maximum Gasteiger partial charge on any atom is 0.242 e. The molecular formula is C13H17FN2O2. The van der Waals surface area contributed by atoms with Crippen molar-refractivity contribution in [2.45, 2.75) is 25.0 Å². The number of hydrogen-bond donors (Lipinski definition) is 2. The largest absolute Gasteiger partial charge is 0.386 e. The SMILES string of the molecule is N[C@H](C(=O)N1CCCC1)[C@H](O)c1ccc(F)cc1. The van der Waals surface area contributed by atoms with E-state index in [-0.39, 0.29) is 11.7 Å². The van der Waals surface area contributed by atoms with Gasteiger partial charge >= 0.3 is 0 Å². The van der Waals surface area contributed by atoms with Gasteiger partial charge in [0.05, 0.1) is 0 Å². The highest BCUT2D eigenvalue weighted by atomic mass is 19.1. The summed E-state index contributed by atoms with van der Waals surface area (Å²) in [4.78, 5) is 13.7. The number of halogens is 1. The Morgan fingerprint density at radius 3 is 2.39 bits per heavy atom. The summed E-state index contributed by atoms with van der Waals surface area (Å²) < 4.78 is 12.8. The average molecular weight is 252 g/mol. The first kappa shape index (κ1) is 13.0. The van der Waals surface area contributed by atoms with E-state index in [9.17, 15) is 14.3 Å². The topological polar surface area (TPSA) is 66.6 Å². The van der Waals surface area contributed by atoms with Gasteiger partial charge in [0.25, 0.3) is 0 Å². The second kappa shape index (κ2) is 5.46. The molecule has 1 aromatic rings. The molecule has 0 aliphatic carbocycles. The minimum Gasteiger partial charge on any atom is -0.386 e. The molecule has 0 unspecified atom stereocenters. The standard InChI is InChI=1S/C13H17FN2O2/c14-10-5-3-9(4-6-10)12(17)11(15)13(18)16-7-1-2-8-16/h3-6,11-12,17H,1-2,7-8,15H2/t11-,12+/m0/s1. The molecule has 3 N–H and O–H groups in total. The van der Waals surface area contributed by atoms with Crippen LogP contribution < -0.4 is 5.73 Å². The molecule has 0 saturated carbocycles. The smallest absolute Gasteiger partial charge is 0.242 e. The molecule has 5 heteroatoms. The highest BCUT2D eigenvalue weighted by Crippen LogP contribution is 2.19. The van der Waals surface area contributed by atoms with E-state index in [1.165, 1.54) is 24.3 Å². The van der Waals surface area contributed by atoms with Crippen LogP contribution in [0.25, 0.3) is 0 Å². The minimum absolute atomic E-state index is 0.246. The van der Waals surface area contributed by atoms with Crippen LogP contribution in [0.3, 0.4) is 0 Å². The molecule has 0 aromatic heterocycles. The molecule has 0 radical (unpaired) electrons. The Balaban J connectivity index is 2.05. The van der Waals surface area contributed by atoms with Gasteiger partial charge in [0.15, 0.2) is 0 Å². The Labute approximate surface area is 105 Å². The number of carbonyl (C=O) groups is 1. The number of carbonyl (C=O) groups excluding carboxylic acids is 1. The molecule has 0 bridgehead atoms. The summed E-state index contributed by atoms with van der Waals surface area (Å²) >= 11 is 0. The van der Waals surface area contributed by atoms with E-state index < -0.39 is 12.1 Å². The van der Waals surface area contributed by atoms with Crippen molar-refractivity contribution in [3.05, 3.63) is 35.6 Å². The van der Waals surface area contributed by atoms with Crippen LogP contribution in [0.4, 0.5) is 4.39 Å². The van der Waals surface area contributed by atoms with Crippen molar-refractivity contribution in [1.29, 1.82) is 0 Å². The highest BCUT2D eigenvalue weighted by molar-refractivity contribution is 5.82. The fourth-order valence-electron chi connectivity index (χ4n) is 2.15. The lowest BCUT2D eigenvalue weighted by molar-refractivity contribution is -0.134. The predicted molar refractivity (Wildman–Crippen MR) is 65.1 cm³/mol. The van der Waals surface area contributed by atoms with E-state index >= 15 is 0 Å². The van der Waals surface area contributed by atoms with Gasteiger partial charge in [-0.15, -0.1) is 0 Å². The third kappa shape index (κ3) is 2.68. The average Bonchev–Trinajstić information content (AvgIpc) is 2.91. The molecule has 1 heterocycles. The maximum absolute atomic E-state index is 12.8. The Hall–Kier alpha value is -1.46. The number of nitrogens with two attached hydrogens (primary N) is 1. The lowest BCUT2D eigenvalue weighted by Crippen LogP contribution is -2.45. The van der Waals surface area contributed by atoms with Crippen molar-refractivity contribution < 1.29 is 14.3 Å². The molecule has 4 nitrogen and oxygen atoms in total. The summed E-state index contributed by atoms with van der Waals surface area (Å²) in [6.45, 7) is 1.39. The third-order valence-electron chi connectivity index (χ3n) is 3.25. The number of amides is 1. The zero-order valence-electron chi connectivity index (χ0n) is 10.1. The van der Waals surface area contributed by atoms with Crippen LogP contribution in [0.5, 0.6) is 0 Å². The van der Waals surface area contributed by atoms with E-state index in [0.29, 0.717) is 18.7 Å². The molecule has 1 saturated heterocycles. The van der Waals surface area contributed by atoms with E-state index in [2.05, 4.69) is 0 Å². The van der Waals surface area contributed by atoms with E-state index in [4.69, 9.17) is 5.73 Å². The van der Waals surface area contributed by atoms with E-state index in [1.807, 2.05) is 0 Å². The Kier molecular flexibility index (Phi) is 3.93. The first-order valence-electron chi connectivity index (χ1n) is 6.07. The quantitative estimate of drug-likeness (QED) is 0.836. The van der Waals surface area contributed by atoms with Crippen molar-refractivity contribution in [3.63, 3.8) is 0 Å². The van der Waals surface area contributed by atoms with Gasteiger partial charge in [-0.3, -0.25) is 4.79 Å². The predicted octanol–water partition coefficient (Wildman–Crippen LogP) is 0.809. The van der Waals surface area contributed by atoms with Crippen molar-refractivity contribution in [1.82, 2.24) is 4.90 Å². The van der Waals surface area contributed by atoms with Crippen LogP contribution in [-0.2, 0) is 4.79 Å². The highest BCUT2D eigenvalue weighted by Gasteiger charge is 2.29. The lowest BCUT2D eigenvalue weighted by atomic mass is 10.0. The van der Waals surface area contributed by atoms with E-state index in [1.54, 1.807) is 4.90 Å². The maximum atomic E-state index is 12.8. The van der Waals surface area contributed by atoms with Gasteiger partial charge in [-0.2, -0.15) is 0 Å². The van der Waals surface area contributed by atoms with Gasteiger partial charge in [-0.05, 0) is 30.5 Å². The van der Waals surface area contributed by atoms with E-state index in [0.717, 1.165) is 12.8 Å². The summed E-state index contributed by atoms with van der Waals surface area (Å²) in [7, 11) is 0. The zero-order valence-corrected chi connectivity index (χ0v) is 10.1. The fourth-order valence-corrected chi connectivity index (χ4v) is 2.15. The number of nitrogens with zero attached hydrogens (tertiary/aromatic N) is 1. The Morgan fingerprint density at radius 2 is 1.83 bits per heavy atom. The molecular weight excluding hydrogens is 235 g/mol. The molecule has 1 aliphatic rings. The molecule has 1 aliphatic heterocycles. The van der Waals surface area contributed by atoms with Crippen LogP contribution in [0.2, 0.25) is 0 Å². The second-order valence-corrected chi connectivity index (χ2v) is 4.55. The van der Waals surface area contributed by atoms with Gasteiger partial charge in [0.2, 0.25) is 5.91 Å². The number of hydrogen-bond acceptors (Lipinski definition) is 3. The monoisotopic (exact) mass is 252 g/mol. The van der Waals surface area contributed by atoms with Gasteiger partial charge in [0.1, 0.15) is 18.0 Å². The van der Waals surface area contributed by atoms with Gasteiger partial charge < -0.3 is 15.7 Å². The fraction of sp³-hybridized carbons (Fsp3) is 0.462. The molecule has 1 fully saturated rings. The number of aliphatic hydroxyl groups is 1. The van der Waals surface area contributed by atoms with Crippen LogP contribution in [0.15, 0.2) is 24.3 Å². The number of likely N-dealkylation sites (tertiary alicyclic amines) is 1. The van der Waals surface area contributed by atoms with Gasteiger partial charge in [0, 0.05) is 13.1 Å².